The lowest BCUT2D eigenvalue weighted by Crippen LogP contribution is -2.04. The first kappa shape index (κ1) is 14.7. The Hall–Kier alpha value is -1.22. The van der Waals surface area contributed by atoms with Crippen molar-refractivity contribution in [2.24, 2.45) is 0 Å². The Morgan fingerprint density at radius 2 is 1.90 bits per heavy atom. The van der Waals surface area contributed by atoms with Gasteiger partial charge in [-0.15, -0.1) is 11.6 Å². The van der Waals surface area contributed by atoms with Gasteiger partial charge in [-0.3, -0.25) is 4.57 Å². The molecule has 0 saturated heterocycles. The van der Waals surface area contributed by atoms with Gasteiger partial charge in [0.1, 0.15) is 5.82 Å². The minimum absolute atomic E-state index is 0.227. The summed E-state index contributed by atoms with van der Waals surface area (Å²) in [7, 11) is 0. The average molecular weight is 340 g/mol. The van der Waals surface area contributed by atoms with Crippen LogP contribution in [0.1, 0.15) is 23.7 Å². The highest BCUT2D eigenvalue weighted by atomic mass is 35.5. The molecule has 0 bridgehead atoms. The van der Waals surface area contributed by atoms with Crippen LogP contribution in [0.3, 0.4) is 0 Å². The first-order chi connectivity index (χ1) is 9.99. The molecule has 0 aliphatic carbocycles. The first-order valence-electron chi connectivity index (χ1n) is 6.56. The Morgan fingerprint density at radius 1 is 1.14 bits per heavy atom. The summed E-state index contributed by atoms with van der Waals surface area (Å²) in [6, 6.07) is 11.5. The van der Waals surface area contributed by atoms with E-state index in [0.29, 0.717) is 5.02 Å². The van der Waals surface area contributed by atoms with Gasteiger partial charge < -0.3 is 0 Å². The van der Waals surface area contributed by atoms with E-state index >= 15 is 0 Å². The summed E-state index contributed by atoms with van der Waals surface area (Å²) >= 11 is 18.6. The van der Waals surface area contributed by atoms with Crippen LogP contribution in [0.2, 0.25) is 10.0 Å². The highest BCUT2D eigenvalue weighted by Gasteiger charge is 2.18. The molecule has 0 aliphatic heterocycles. The molecule has 1 atom stereocenters. The molecule has 21 heavy (non-hydrogen) atoms. The summed E-state index contributed by atoms with van der Waals surface area (Å²) in [5.41, 5.74) is 3.76. The molecule has 0 fully saturated rings. The minimum atomic E-state index is -0.227. The zero-order valence-electron chi connectivity index (χ0n) is 11.6. The second-order valence-corrected chi connectivity index (χ2v) is 6.44. The van der Waals surface area contributed by atoms with Crippen LogP contribution in [-0.4, -0.2) is 9.55 Å². The van der Waals surface area contributed by atoms with Crippen LogP contribution in [0.4, 0.5) is 0 Å². The van der Waals surface area contributed by atoms with Crippen LogP contribution in [0, 0.1) is 6.92 Å². The van der Waals surface area contributed by atoms with E-state index in [1.807, 2.05) is 54.8 Å². The van der Waals surface area contributed by atoms with E-state index in [4.69, 9.17) is 34.8 Å². The van der Waals surface area contributed by atoms with E-state index in [1.54, 1.807) is 0 Å². The van der Waals surface area contributed by atoms with Crippen molar-refractivity contribution in [3.8, 4) is 5.69 Å². The Bertz CT molecular complexity index is 822. The van der Waals surface area contributed by atoms with E-state index in [2.05, 4.69) is 4.98 Å². The number of fused-ring (bicyclic) bond motifs is 1. The predicted molar refractivity (Wildman–Crippen MR) is 90.1 cm³/mol. The first-order valence-corrected chi connectivity index (χ1v) is 7.75. The molecule has 0 radical (unpaired) electrons. The Morgan fingerprint density at radius 3 is 2.62 bits per heavy atom. The van der Waals surface area contributed by atoms with Crippen molar-refractivity contribution < 1.29 is 0 Å². The van der Waals surface area contributed by atoms with Crippen molar-refractivity contribution in [2.75, 3.05) is 0 Å². The van der Waals surface area contributed by atoms with Crippen LogP contribution in [0.25, 0.3) is 16.7 Å². The summed E-state index contributed by atoms with van der Waals surface area (Å²) in [6.07, 6.45) is 0. The third kappa shape index (κ3) is 2.52. The van der Waals surface area contributed by atoms with Crippen LogP contribution < -0.4 is 0 Å². The third-order valence-corrected chi connectivity index (χ3v) is 4.32. The van der Waals surface area contributed by atoms with Gasteiger partial charge in [-0.1, -0.05) is 29.3 Å². The maximum Gasteiger partial charge on any atom is 0.132 e. The molecule has 5 heteroatoms. The molecule has 0 saturated carbocycles. The monoisotopic (exact) mass is 338 g/mol. The topological polar surface area (TPSA) is 17.8 Å². The van der Waals surface area contributed by atoms with Crippen LogP contribution in [0.5, 0.6) is 0 Å². The molecule has 2 aromatic carbocycles. The van der Waals surface area contributed by atoms with E-state index in [1.165, 1.54) is 0 Å². The number of halogens is 3. The summed E-state index contributed by atoms with van der Waals surface area (Å²) in [5.74, 6) is 0.777. The number of hydrogen-bond donors (Lipinski definition) is 0. The van der Waals surface area contributed by atoms with Crippen LogP contribution in [0.15, 0.2) is 36.4 Å². The predicted octanol–water partition coefficient (Wildman–Crippen LogP) is 5.94. The summed E-state index contributed by atoms with van der Waals surface area (Å²) in [5, 5.41) is 1.15. The maximum atomic E-state index is 6.31. The van der Waals surface area contributed by atoms with Crippen molar-refractivity contribution >= 4 is 45.8 Å². The standard InChI is InChI=1S/C16H13Cl3N2/c1-9-12(19)4-3-5-14(9)21-15-7-6-11(18)8-13(15)20-16(21)10(2)17/h3-8,10H,1-2H3. The van der Waals surface area contributed by atoms with Gasteiger partial charge in [0.05, 0.1) is 22.1 Å². The molecule has 0 amide bonds. The highest BCUT2D eigenvalue weighted by Crippen LogP contribution is 2.32. The van der Waals surface area contributed by atoms with Crippen molar-refractivity contribution in [2.45, 2.75) is 19.2 Å². The van der Waals surface area contributed by atoms with E-state index in [-0.39, 0.29) is 5.38 Å². The number of imidazole rings is 1. The van der Waals surface area contributed by atoms with Crippen molar-refractivity contribution in [1.29, 1.82) is 0 Å². The SMILES string of the molecule is Cc1c(Cl)cccc1-n1c(C(C)Cl)nc2cc(Cl)ccc21. The molecule has 1 aromatic heterocycles. The van der Waals surface area contributed by atoms with Gasteiger partial charge in [0.2, 0.25) is 0 Å². The molecule has 3 rings (SSSR count). The lowest BCUT2D eigenvalue weighted by Gasteiger charge is -2.14. The van der Waals surface area contributed by atoms with Gasteiger partial charge in [-0.2, -0.15) is 0 Å². The Kier molecular flexibility index (Phi) is 3.87. The average Bonchev–Trinajstić information content (AvgIpc) is 2.80. The smallest absolute Gasteiger partial charge is 0.132 e. The van der Waals surface area contributed by atoms with Gasteiger partial charge in [-0.05, 0) is 49.7 Å². The fourth-order valence-electron chi connectivity index (χ4n) is 2.43. The largest absolute Gasteiger partial charge is 0.295 e. The zero-order valence-corrected chi connectivity index (χ0v) is 13.8. The molecule has 1 heterocycles. The van der Waals surface area contributed by atoms with E-state index in [0.717, 1.165) is 33.1 Å². The molecule has 1 unspecified atom stereocenters. The lowest BCUT2D eigenvalue weighted by molar-refractivity contribution is 0.878. The van der Waals surface area contributed by atoms with Gasteiger partial charge in [0.25, 0.3) is 0 Å². The molecule has 2 nitrogen and oxygen atoms in total. The quantitative estimate of drug-likeness (QED) is 0.528. The van der Waals surface area contributed by atoms with Gasteiger partial charge in [-0.25, -0.2) is 4.98 Å². The summed E-state index contributed by atoms with van der Waals surface area (Å²) < 4.78 is 2.05. The number of alkyl halides is 1. The van der Waals surface area contributed by atoms with E-state index < -0.39 is 0 Å². The van der Waals surface area contributed by atoms with E-state index in [9.17, 15) is 0 Å². The Labute approximate surface area is 138 Å². The van der Waals surface area contributed by atoms with Crippen molar-refractivity contribution in [1.82, 2.24) is 9.55 Å². The minimum Gasteiger partial charge on any atom is -0.295 e. The molecular weight excluding hydrogens is 327 g/mol. The normalized spacial score (nSPS) is 12.8. The van der Waals surface area contributed by atoms with Crippen LogP contribution >= 0.6 is 34.8 Å². The number of rotatable bonds is 2. The fraction of sp³-hybridized carbons (Fsp3) is 0.188. The molecule has 0 spiro atoms. The fourth-order valence-corrected chi connectivity index (χ4v) is 2.91. The van der Waals surface area contributed by atoms with Gasteiger partial charge in [0.15, 0.2) is 0 Å². The number of nitrogens with zero attached hydrogens (tertiary/aromatic N) is 2. The lowest BCUT2D eigenvalue weighted by atomic mass is 10.2. The highest BCUT2D eigenvalue weighted by molar-refractivity contribution is 6.31. The molecule has 0 aliphatic rings. The maximum absolute atomic E-state index is 6.31. The Balaban J connectivity index is 2.39. The molecule has 108 valence electrons. The number of aromatic nitrogens is 2. The second-order valence-electron chi connectivity index (χ2n) is 4.94. The zero-order chi connectivity index (χ0) is 15.1. The molecular formula is C16H13Cl3N2. The second kappa shape index (κ2) is 5.53. The van der Waals surface area contributed by atoms with Gasteiger partial charge >= 0.3 is 0 Å². The van der Waals surface area contributed by atoms with Gasteiger partial charge in [0, 0.05) is 10.0 Å². The van der Waals surface area contributed by atoms with Crippen LogP contribution in [-0.2, 0) is 0 Å². The number of hydrogen-bond acceptors (Lipinski definition) is 1. The molecule has 3 aromatic rings. The number of benzene rings is 2. The summed E-state index contributed by atoms with van der Waals surface area (Å²) in [6.45, 7) is 3.89. The van der Waals surface area contributed by atoms with Crippen molar-refractivity contribution in [3.63, 3.8) is 0 Å². The third-order valence-electron chi connectivity index (χ3n) is 3.48. The summed E-state index contributed by atoms with van der Waals surface area (Å²) in [4.78, 5) is 4.62. The van der Waals surface area contributed by atoms with Crippen molar-refractivity contribution in [3.05, 3.63) is 57.8 Å². The molecule has 0 N–H and O–H groups in total.